The summed E-state index contributed by atoms with van der Waals surface area (Å²) in [6.07, 6.45) is 4.23. The Balaban J connectivity index is 1.64. The van der Waals surface area contributed by atoms with Crippen LogP contribution in [0.5, 0.6) is 5.75 Å². The van der Waals surface area contributed by atoms with Crippen molar-refractivity contribution in [2.75, 3.05) is 13.2 Å². The van der Waals surface area contributed by atoms with Gasteiger partial charge >= 0.3 is 0 Å². The van der Waals surface area contributed by atoms with Gasteiger partial charge in [0.2, 0.25) is 0 Å². The highest BCUT2D eigenvalue weighted by molar-refractivity contribution is 5.26. The summed E-state index contributed by atoms with van der Waals surface area (Å²) in [6, 6.07) is 7.88. The predicted molar refractivity (Wildman–Crippen MR) is 63.4 cm³/mol. The van der Waals surface area contributed by atoms with Gasteiger partial charge in [-0.15, -0.1) is 0 Å². The van der Waals surface area contributed by atoms with Gasteiger partial charge in [-0.1, -0.05) is 12.1 Å². The van der Waals surface area contributed by atoms with E-state index in [9.17, 15) is 0 Å². The third-order valence-corrected chi connectivity index (χ3v) is 2.92. The molecule has 0 heterocycles. The van der Waals surface area contributed by atoms with Crippen LogP contribution < -0.4 is 10.5 Å². The predicted octanol–water partition coefficient (Wildman–Crippen LogP) is 2.09. The minimum Gasteiger partial charge on any atom is -0.491 e. The molecule has 0 amide bonds. The van der Waals surface area contributed by atoms with Crippen LogP contribution in [0.3, 0.4) is 0 Å². The Bertz CT molecular complexity index is 306. The lowest BCUT2D eigenvalue weighted by Gasteiger charge is -2.25. The molecule has 0 saturated heterocycles. The average molecular weight is 221 g/mol. The molecule has 1 saturated carbocycles. The first kappa shape index (κ1) is 11.4. The van der Waals surface area contributed by atoms with Crippen molar-refractivity contribution in [3.63, 3.8) is 0 Å². The molecule has 0 bridgehead atoms. The number of rotatable bonds is 6. The third-order valence-electron chi connectivity index (χ3n) is 2.92. The lowest BCUT2D eigenvalue weighted by atomic mass is 9.96. The van der Waals surface area contributed by atoms with Crippen LogP contribution >= 0.6 is 0 Å². The van der Waals surface area contributed by atoms with Crippen molar-refractivity contribution in [2.24, 2.45) is 5.73 Å². The van der Waals surface area contributed by atoms with Crippen LogP contribution in [0.25, 0.3) is 0 Å². The summed E-state index contributed by atoms with van der Waals surface area (Å²) in [5, 5.41) is 0. The van der Waals surface area contributed by atoms with Crippen LogP contribution in [0.1, 0.15) is 24.8 Å². The van der Waals surface area contributed by atoms with Gasteiger partial charge in [0.25, 0.3) is 0 Å². The maximum Gasteiger partial charge on any atom is 0.119 e. The highest BCUT2D eigenvalue weighted by atomic mass is 16.5. The van der Waals surface area contributed by atoms with E-state index in [0.717, 1.165) is 11.3 Å². The van der Waals surface area contributed by atoms with Crippen molar-refractivity contribution < 1.29 is 9.47 Å². The van der Waals surface area contributed by atoms with Crippen LogP contribution in [-0.2, 0) is 11.3 Å². The van der Waals surface area contributed by atoms with E-state index in [4.69, 9.17) is 15.2 Å². The van der Waals surface area contributed by atoms with Gasteiger partial charge in [0.05, 0.1) is 12.7 Å². The Labute approximate surface area is 96.5 Å². The molecule has 1 fully saturated rings. The first-order valence-electron chi connectivity index (χ1n) is 5.92. The van der Waals surface area contributed by atoms with Gasteiger partial charge in [-0.25, -0.2) is 0 Å². The van der Waals surface area contributed by atoms with Gasteiger partial charge in [0, 0.05) is 6.54 Å². The van der Waals surface area contributed by atoms with E-state index in [1.165, 1.54) is 19.3 Å². The van der Waals surface area contributed by atoms with E-state index in [2.05, 4.69) is 0 Å². The number of benzene rings is 1. The molecule has 88 valence electrons. The summed E-state index contributed by atoms with van der Waals surface area (Å²) >= 11 is 0. The second-order valence-electron chi connectivity index (χ2n) is 4.12. The van der Waals surface area contributed by atoms with Crippen molar-refractivity contribution in [3.8, 4) is 5.75 Å². The molecule has 16 heavy (non-hydrogen) atoms. The summed E-state index contributed by atoms with van der Waals surface area (Å²) < 4.78 is 11.2. The van der Waals surface area contributed by atoms with Crippen LogP contribution in [0.2, 0.25) is 0 Å². The lowest BCUT2D eigenvalue weighted by Crippen LogP contribution is -2.23. The summed E-state index contributed by atoms with van der Waals surface area (Å²) in [7, 11) is 0. The zero-order chi connectivity index (χ0) is 11.2. The third kappa shape index (κ3) is 3.22. The molecule has 1 aromatic carbocycles. The van der Waals surface area contributed by atoms with Gasteiger partial charge in [0.15, 0.2) is 0 Å². The van der Waals surface area contributed by atoms with Crippen LogP contribution in [0.15, 0.2) is 24.3 Å². The summed E-state index contributed by atoms with van der Waals surface area (Å²) in [5.74, 6) is 0.884. The molecule has 1 aliphatic rings. The molecule has 1 aliphatic carbocycles. The fourth-order valence-corrected chi connectivity index (χ4v) is 1.63. The molecule has 1 aromatic rings. The zero-order valence-electron chi connectivity index (χ0n) is 9.52. The minimum atomic E-state index is 0.489. The van der Waals surface area contributed by atoms with Crippen LogP contribution in [-0.4, -0.2) is 19.3 Å². The van der Waals surface area contributed by atoms with E-state index in [1.807, 2.05) is 24.3 Å². The number of hydrogen-bond acceptors (Lipinski definition) is 3. The first-order valence-corrected chi connectivity index (χ1v) is 5.92. The van der Waals surface area contributed by atoms with Gasteiger partial charge in [-0.05, 0) is 37.0 Å². The molecule has 0 radical (unpaired) electrons. The Morgan fingerprint density at radius 2 is 1.88 bits per heavy atom. The van der Waals surface area contributed by atoms with Crippen molar-refractivity contribution in [3.05, 3.63) is 29.8 Å². The van der Waals surface area contributed by atoms with Gasteiger partial charge < -0.3 is 15.2 Å². The highest BCUT2D eigenvalue weighted by Gasteiger charge is 2.17. The Kier molecular flexibility index (Phi) is 4.19. The van der Waals surface area contributed by atoms with Gasteiger partial charge in [0.1, 0.15) is 12.4 Å². The fraction of sp³-hybridized carbons (Fsp3) is 0.538. The van der Waals surface area contributed by atoms with Crippen LogP contribution in [0.4, 0.5) is 0 Å². The molecule has 2 N–H and O–H groups in total. The number of nitrogens with two attached hydrogens (primary N) is 1. The fourth-order valence-electron chi connectivity index (χ4n) is 1.63. The number of hydrogen-bond donors (Lipinski definition) is 1. The quantitative estimate of drug-likeness (QED) is 0.748. The van der Waals surface area contributed by atoms with Crippen molar-refractivity contribution in [1.29, 1.82) is 0 Å². The normalized spacial score (nSPS) is 15.8. The minimum absolute atomic E-state index is 0.489. The second-order valence-corrected chi connectivity index (χ2v) is 4.12. The van der Waals surface area contributed by atoms with Crippen molar-refractivity contribution in [1.82, 2.24) is 0 Å². The van der Waals surface area contributed by atoms with E-state index >= 15 is 0 Å². The summed E-state index contributed by atoms with van der Waals surface area (Å²) in [5.41, 5.74) is 6.64. The molecule has 0 unspecified atom stereocenters. The molecule has 0 aromatic heterocycles. The van der Waals surface area contributed by atoms with E-state index < -0.39 is 0 Å². The molecular weight excluding hydrogens is 202 g/mol. The van der Waals surface area contributed by atoms with E-state index in [-0.39, 0.29) is 0 Å². The molecule has 3 heteroatoms. The standard InChI is InChI=1S/C13H19NO2/c14-10-11-4-6-13(7-5-11)16-9-8-15-12-2-1-3-12/h4-7,12H,1-3,8-10,14H2. The maximum absolute atomic E-state index is 5.60. The summed E-state index contributed by atoms with van der Waals surface area (Å²) in [6.45, 7) is 1.88. The number of ether oxygens (including phenoxy) is 2. The van der Waals surface area contributed by atoms with E-state index in [0.29, 0.717) is 25.9 Å². The van der Waals surface area contributed by atoms with Gasteiger partial charge in [-0.3, -0.25) is 0 Å². The second kappa shape index (κ2) is 5.87. The molecule has 0 spiro atoms. The summed E-state index contributed by atoms with van der Waals surface area (Å²) in [4.78, 5) is 0. The Morgan fingerprint density at radius 3 is 2.44 bits per heavy atom. The molecule has 3 nitrogen and oxygen atoms in total. The van der Waals surface area contributed by atoms with Gasteiger partial charge in [-0.2, -0.15) is 0 Å². The van der Waals surface area contributed by atoms with E-state index in [1.54, 1.807) is 0 Å². The highest BCUT2D eigenvalue weighted by Crippen LogP contribution is 2.21. The largest absolute Gasteiger partial charge is 0.491 e. The molecule has 0 atom stereocenters. The lowest BCUT2D eigenvalue weighted by molar-refractivity contribution is -0.0103. The van der Waals surface area contributed by atoms with Crippen molar-refractivity contribution >= 4 is 0 Å². The van der Waals surface area contributed by atoms with Crippen LogP contribution in [0, 0.1) is 0 Å². The Morgan fingerprint density at radius 1 is 1.12 bits per heavy atom. The maximum atomic E-state index is 5.60. The van der Waals surface area contributed by atoms with Crippen molar-refractivity contribution in [2.45, 2.75) is 31.9 Å². The molecule has 0 aliphatic heterocycles. The Hall–Kier alpha value is -1.06. The topological polar surface area (TPSA) is 44.5 Å². The molecule has 2 rings (SSSR count). The zero-order valence-corrected chi connectivity index (χ0v) is 9.52. The monoisotopic (exact) mass is 221 g/mol. The smallest absolute Gasteiger partial charge is 0.119 e. The first-order chi connectivity index (χ1) is 7.88. The average Bonchev–Trinajstić information content (AvgIpc) is 2.27. The molecular formula is C13H19NO2. The SMILES string of the molecule is NCc1ccc(OCCOC2CCC2)cc1.